The van der Waals surface area contributed by atoms with E-state index in [1.54, 1.807) is 7.11 Å². The van der Waals surface area contributed by atoms with E-state index in [0.29, 0.717) is 23.7 Å². The lowest BCUT2D eigenvalue weighted by Crippen LogP contribution is -2.53. The van der Waals surface area contributed by atoms with E-state index in [0.717, 1.165) is 30.2 Å². The zero-order chi connectivity index (χ0) is 17.8. The fourth-order valence-corrected chi connectivity index (χ4v) is 4.82. The van der Waals surface area contributed by atoms with Gasteiger partial charge in [0.25, 0.3) is 5.91 Å². The van der Waals surface area contributed by atoms with Gasteiger partial charge in [-0.25, -0.2) is 0 Å². The average Bonchev–Trinajstić information content (AvgIpc) is 3.14. The van der Waals surface area contributed by atoms with Crippen molar-refractivity contribution in [2.24, 2.45) is 7.05 Å². The highest BCUT2D eigenvalue weighted by Crippen LogP contribution is 2.43. The first-order chi connectivity index (χ1) is 12.0. The van der Waals surface area contributed by atoms with Gasteiger partial charge < -0.3 is 19.3 Å². The van der Waals surface area contributed by atoms with Crippen LogP contribution < -0.4 is 0 Å². The van der Waals surface area contributed by atoms with Gasteiger partial charge >= 0.3 is 0 Å². The number of amides is 1. The molecule has 1 aliphatic carbocycles. The highest BCUT2D eigenvalue weighted by Gasteiger charge is 2.52. The van der Waals surface area contributed by atoms with Crippen LogP contribution in [0.3, 0.4) is 0 Å². The standard InChI is InChI=1S/C19H23ClN2O3/c1-21-15-5-3-4-14(20)13(15)11-16(21)18(24)22-9-8-19(25-2)7-6-12(23)10-17(19)22/h3-5,11-12,17,23H,6-10H2,1-2H3/t12-,17-,19+/m0/s1. The maximum Gasteiger partial charge on any atom is 0.270 e. The Morgan fingerprint density at radius 1 is 1.40 bits per heavy atom. The number of hydrogen-bond acceptors (Lipinski definition) is 3. The van der Waals surface area contributed by atoms with Crippen molar-refractivity contribution in [3.8, 4) is 0 Å². The molecule has 2 aromatic rings. The first-order valence-electron chi connectivity index (χ1n) is 8.75. The summed E-state index contributed by atoms with van der Waals surface area (Å²) in [5.74, 6) is -0.0206. The van der Waals surface area contributed by atoms with Gasteiger partial charge in [-0.05, 0) is 43.9 Å². The molecule has 1 amide bonds. The summed E-state index contributed by atoms with van der Waals surface area (Å²) < 4.78 is 7.74. The molecule has 134 valence electrons. The van der Waals surface area contributed by atoms with Crippen molar-refractivity contribution in [3.63, 3.8) is 0 Å². The number of aliphatic hydroxyl groups excluding tert-OH is 1. The van der Waals surface area contributed by atoms with Gasteiger partial charge in [0.2, 0.25) is 0 Å². The smallest absolute Gasteiger partial charge is 0.270 e. The first-order valence-corrected chi connectivity index (χ1v) is 9.13. The maximum absolute atomic E-state index is 13.3. The molecule has 6 heteroatoms. The Bertz CT molecular complexity index is 833. The van der Waals surface area contributed by atoms with Crippen molar-refractivity contribution in [3.05, 3.63) is 35.0 Å². The van der Waals surface area contributed by atoms with Crippen molar-refractivity contribution < 1.29 is 14.6 Å². The van der Waals surface area contributed by atoms with E-state index < -0.39 is 0 Å². The van der Waals surface area contributed by atoms with Crippen LogP contribution in [0.25, 0.3) is 10.9 Å². The summed E-state index contributed by atoms with van der Waals surface area (Å²) >= 11 is 6.29. The Balaban J connectivity index is 1.72. The molecule has 2 heterocycles. The Morgan fingerprint density at radius 2 is 2.20 bits per heavy atom. The molecule has 1 saturated carbocycles. The predicted octanol–water partition coefficient (Wildman–Crippen LogP) is 2.98. The van der Waals surface area contributed by atoms with Crippen LogP contribution in [0.5, 0.6) is 0 Å². The molecular weight excluding hydrogens is 340 g/mol. The molecule has 1 N–H and O–H groups in total. The molecule has 1 aromatic heterocycles. The van der Waals surface area contributed by atoms with Crippen LogP contribution in [0.1, 0.15) is 36.2 Å². The Labute approximate surface area is 152 Å². The SMILES string of the molecule is CO[C@@]12CC[C@H](O)C[C@@H]1N(C(=O)c1cc3c(Cl)cccc3n1C)CC2. The minimum Gasteiger partial charge on any atom is -0.393 e. The molecule has 2 aliphatic rings. The van der Waals surface area contributed by atoms with Gasteiger partial charge in [-0.1, -0.05) is 17.7 Å². The molecule has 0 radical (unpaired) electrons. The molecule has 0 unspecified atom stereocenters. The van der Waals surface area contributed by atoms with Crippen molar-refractivity contribution in [2.75, 3.05) is 13.7 Å². The van der Waals surface area contributed by atoms with Gasteiger partial charge in [-0.15, -0.1) is 0 Å². The summed E-state index contributed by atoms with van der Waals surface area (Å²) in [4.78, 5) is 15.2. The summed E-state index contributed by atoms with van der Waals surface area (Å²) in [7, 11) is 3.61. The van der Waals surface area contributed by atoms with Crippen molar-refractivity contribution in [1.82, 2.24) is 9.47 Å². The Morgan fingerprint density at radius 3 is 2.92 bits per heavy atom. The second-order valence-corrected chi connectivity index (χ2v) is 7.63. The molecule has 1 saturated heterocycles. The number of benzene rings is 1. The fourth-order valence-electron chi connectivity index (χ4n) is 4.60. The third-order valence-corrected chi connectivity index (χ3v) is 6.41. The lowest BCUT2D eigenvalue weighted by Gasteiger charge is -2.42. The number of rotatable bonds is 2. The topological polar surface area (TPSA) is 54.7 Å². The van der Waals surface area contributed by atoms with Gasteiger partial charge in [-0.3, -0.25) is 4.79 Å². The number of carbonyl (C=O) groups is 1. The fraction of sp³-hybridized carbons (Fsp3) is 0.526. The van der Waals surface area contributed by atoms with E-state index in [4.69, 9.17) is 16.3 Å². The number of aryl methyl sites for hydroxylation is 1. The van der Waals surface area contributed by atoms with Crippen LogP contribution in [0.2, 0.25) is 5.02 Å². The molecule has 25 heavy (non-hydrogen) atoms. The molecule has 2 fully saturated rings. The number of nitrogens with zero attached hydrogens (tertiary/aromatic N) is 2. The highest BCUT2D eigenvalue weighted by molar-refractivity contribution is 6.35. The second kappa shape index (κ2) is 6.01. The Kier molecular flexibility index (Phi) is 4.06. The van der Waals surface area contributed by atoms with E-state index in [1.165, 1.54) is 0 Å². The minimum atomic E-state index is -0.372. The zero-order valence-corrected chi connectivity index (χ0v) is 15.3. The lowest BCUT2D eigenvalue weighted by molar-refractivity contribution is -0.0825. The maximum atomic E-state index is 13.3. The minimum absolute atomic E-state index is 0.0206. The van der Waals surface area contributed by atoms with E-state index in [-0.39, 0.29) is 23.7 Å². The van der Waals surface area contributed by atoms with Gasteiger partial charge in [0.05, 0.1) is 17.7 Å². The van der Waals surface area contributed by atoms with E-state index in [2.05, 4.69) is 0 Å². The summed E-state index contributed by atoms with van der Waals surface area (Å²) in [5.41, 5.74) is 1.24. The third kappa shape index (κ3) is 2.48. The van der Waals surface area contributed by atoms with Gasteiger partial charge in [0.15, 0.2) is 0 Å². The van der Waals surface area contributed by atoms with Gasteiger partial charge in [-0.2, -0.15) is 0 Å². The summed E-state index contributed by atoms with van der Waals surface area (Å²) in [5, 5.41) is 11.7. The van der Waals surface area contributed by atoms with Crippen LogP contribution in [-0.2, 0) is 11.8 Å². The van der Waals surface area contributed by atoms with Gasteiger partial charge in [0, 0.05) is 36.6 Å². The highest BCUT2D eigenvalue weighted by atomic mass is 35.5. The molecule has 1 aromatic carbocycles. The Hall–Kier alpha value is -1.56. The molecule has 5 nitrogen and oxygen atoms in total. The molecular formula is C19H23ClN2O3. The van der Waals surface area contributed by atoms with Crippen LogP contribution >= 0.6 is 11.6 Å². The number of hydrogen-bond donors (Lipinski definition) is 1. The van der Waals surface area contributed by atoms with Crippen LogP contribution in [0.15, 0.2) is 24.3 Å². The first kappa shape index (κ1) is 16.9. The summed E-state index contributed by atoms with van der Waals surface area (Å²) in [6.45, 7) is 0.652. The average molecular weight is 363 g/mol. The van der Waals surface area contributed by atoms with Crippen molar-refractivity contribution in [2.45, 2.75) is 43.4 Å². The van der Waals surface area contributed by atoms with E-state index in [1.807, 2.05) is 40.8 Å². The quantitative estimate of drug-likeness (QED) is 0.893. The zero-order valence-electron chi connectivity index (χ0n) is 14.5. The largest absolute Gasteiger partial charge is 0.393 e. The van der Waals surface area contributed by atoms with Crippen molar-refractivity contribution >= 4 is 28.4 Å². The normalized spacial score (nSPS) is 29.2. The molecule has 0 spiro atoms. The second-order valence-electron chi connectivity index (χ2n) is 7.22. The number of methoxy groups -OCH3 is 1. The van der Waals surface area contributed by atoms with Crippen LogP contribution in [0.4, 0.5) is 0 Å². The molecule has 0 bridgehead atoms. The molecule has 4 rings (SSSR count). The monoisotopic (exact) mass is 362 g/mol. The van der Waals surface area contributed by atoms with E-state index in [9.17, 15) is 9.90 Å². The number of aromatic nitrogens is 1. The summed E-state index contributed by atoms with van der Waals surface area (Å²) in [6.07, 6.45) is 2.54. The van der Waals surface area contributed by atoms with Crippen LogP contribution in [-0.4, -0.2) is 51.9 Å². The number of halogens is 1. The van der Waals surface area contributed by atoms with Crippen molar-refractivity contribution in [1.29, 1.82) is 0 Å². The number of likely N-dealkylation sites (tertiary alicyclic amines) is 1. The lowest BCUT2D eigenvalue weighted by atomic mass is 9.79. The molecule has 3 atom stereocenters. The van der Waals surface area contributed by atoms with E-state index >= 15 is 0 Å². The number of ether oxygens (including phenoxy) is 1. The van der Waals surface area contributed by atoms with Gasteiger partial charge in [0.1, 0.15) is 5.69 Å². The molecule has 1 aliphatic heterocycles. The number of aliphatic hydroxyl groups is 1. The number of fused-ring (bicyclic) bond motifs is 2. The summed E-state index contributed by atoms with van der Waals surface area (Å²) in [6, 6.07) is 7.48. The third-order valence-electron chi connectivity index (χ3n) is 6.08. The van der Waals surface area contributed by atoms with Crippen LogP contribution in [0, 0.1) is 0 Å². The predicted molar refractivity (Wildman–Crippen MR) is 97.0 cm³/mol. The number of carbonyl (C=O) groups excluding carboxylic acids is 1.